The molecule has 0 aliphatic heterocycles. The zero-order valence-corrected chi connectivity index (χ0v) is 13.0. The van der Waals surface area contributed by atoms with Crippen molar-refractivity contribution in [2.45, 2.75) is 26.3 Å². The molecule has 1 heterocycles. The molecule has 0 fully saturated rings. The second-order valence-electron chi connectivity index (χ2n) is 4.01. The SMILES string of the molecule is CCNCCCS(=O)(=O)NC(C)c1ccc(Cl)s1. The van der Waals surface area contributed by atoms with E-state index < -0.39 is 10.0 Å². The van der Waals surface area contributed by atoms with Crippen LogP contribution < -0.4 is 10.0 Å². The van der Waals surface area contributed by atoms with Gasteiger partial charge in [-0.2, -0.15) is 0 Å². The third-order valence-electron chi connectivity index (χ3n) is 2.39. The summed E-state index contributed by atoms with van der Waals surface area (Å²) in [5.74, 6) is 0.142. The molecule has 0 spiro atoms. The average molecular weight is 311 g/mol. The van der Waals surface area contributed by atoms with Gasteiger partial charge in [0.05, 0.1) is 16.1 Å². The topological polar surface area (TPSA) is 58.2 Å². The predicted molar refractivity (Wildman–Crippen MR) is 77.8 cm³/mol. The number of nitrogens with one attached hydrogen (secondary N) is 2. The summed E-state index contributed by atoms with van der Waals surface area (Å²) < 4.78 is 27.0. The molecule has 7 heteroatoms. The number of halogens is 1. The summed E-state index contributed by atoms with van der Waals surface area (Å²) in [5.41, 5.74) is 0. The van der Waals surface area contributed by atoms with Crippen LogP contribution >= 0.6 is 22.9 Å². The van der Waals surface area contributed by atoms with E-state index in [2.05, 4.69) is 10.0 Å². The minimum Gasteiger partial charge on any atom is -0.317 e. The monoisotopic (exact) mass is 310 g/mol. The molecule has 1 rings (SSSR count). The molecule has 1 aromatic rings. The van der Waals surface area contributed by atoms with Crippen molar-refractivity contribution in [2.75, 3.05) is 18.8 Å². The summed E-state index contributed by atoms with van der Waals surface area (Å²) >= 11 is 7.22. The van der Waals surface area contributed by atoms with E-state index in [4.69, 9.17) is 11.6 Å². The quantitative estimate of drug-likeness (QED) is 0.725. The van der Waals surface area contributed by atoms with Crippen molar-refractivity contribution in [2.24, 2.45) is 0 Å². The third-order valence-corrected chi connectivity index (χ3v) is 5.35. The molecule has 0 saturated carbocycles. The van der Waals surface area contributed by atoms with Crippen LogP contribution in [0.15, 0.2) is 12.1 Å². The van der Waals surface area contributed by atoms with Crippen LogP contribution in [0.4, 0.5) is 0 Å². The Morgan fingerprint density at radius 1 is 1.44 bits per heavy atom. The Morgan fingerprint density at radius 2 is 2.17 bits per heavy atom. The van der Waals surface area contributed by atoms with E-state index in [0.717, 1.165) is 18.0 Å². The number of hydrogen-bond donors (Lipinski definition) is 2. The first-order valence-electron chi connectivity index (χ1n) is 5.90. The molecular formula is C11H19ClN2O2S2. The van der Waals surface area contributed by atoms with Gasteiger partial charge < -0.3 is 5.32 Å². The minimum atomic E-state index is -3.23. The van der Waals surface area contributed by atoms with Crippen molar-refractivity contribution in [1.29, 1.82) is 0 Å². The van der Waals surface area contributed by atoms with E-state index in [1.165, 1.54) is 11.3 Å². The molecule has 0 amide bonds. The van der Waals surface area contributed by atoms with E-state index >= 15 is 0 Å². The van der Waals surface area contributed by atoms with Crippen molar-refractivity contribution in [1.82, 2.24) is 10.0 Å². The fourth-order valence-electron chi connectivity index (χ4n) is 1.51. The highest BCUT2D eigenvalue weighted by atomic mass is 35.5. The fraction of sp³-hybridized carbons (Fsp3) is 0.636. The van der Waals surface area contributed by atoms with Crippen LogP contribution in [-0.2, 0) is 10.0 Å². The molecule has 0 saturated heterocycles. The Kier molecular flexibility index (Phi) is 6.59. The first kappa shape index (κ1) is 15.9. The summed E-state index contributed by atoms with van der Waals surface area (Å²) in [6.07, 6.45) is 0.612. The molecule has 2 N–H and O–H groups in total. The Bertz CT molecular complexity index is 459. The maximum Gasteiger partial charge on any atom is 0.212 e. The summed E-state index contributed by atoms with van der Waals surface area (Å²) in [6, 6.07) is 3.39. The summed E-state index contributed by atoms with van der Waals surface area (Å²) in [6.45, 7) is 5.40. The van der Waals surface area contributed by atoms with Gasteiger partial charge in [0.25, 0.3) is 0 Å². The molecule has 4 nitrogen and oxygen atoms in total. The lowest BCUT2D eigenvalue weighted by Gasteiger charge is -2.12. The van der Waals surface area contributed by atoms with Gasteiger partial charge >= 0.3 is 0 Å². The van der Waals surface area contributed by atoms with Gasteiger partial charge in [-0.15, -0.1) is 11.3 Å². The second kappa shape index (κ2) is 7.45. The van der Waals surface area contributed by atoms with Crippen molar-refractivity contribution in [3.05, 3.63) is 21.3 Å². The molecular weight excluding hydrogens is 292 g/mol. The Labute approximate surface area is 118 Å². The molecule has 0 aromatic carbocycles. The van der Waals surface area contributed by atoms with Gasteiger partial charge in [0.1, 0.15) is 0 Å². The summed E-state index contributed by atoms with van der Waals surface area (Å²) in [4.78, 5) is 0.926. The highest BCUT2D eigenvalue weighted by Gasteiger charge is 2.16. The average Bonchev–Trinajstić information content (AvgIpc) is 2.71. The van der Waals surface area contributed by atoms with Crippen molar-refractivity contribution >= 4 is 33.0 Å². The van der Waals surface area contributed by atoms with Crippen LogP contribution in [0.1, 0.15) is 31.2 Å². The van der Waals surface area contributed by atoms with Gasteiger partial charge in [0.15, 0.2) is 0 Å². The lowest BCUT2D eigenvalue weighted by molar-refractivity contribution is 0.563. The maximum absolute atomic E-state index is 11.8. The van der Waals surface area contributed by atoms with E-state index in [1.807, 2.05) is 19.9 Å². The molecule has 0 aliphatic carbocycles. The molecule has 1 unspecified atom stereocenters. The highest BCUT2D eigenvalue weighted by molar-refractivity contribution is 7.89. The van der Waals surface area contributed by atoms with Crippen molar-refractivity contribution in [3.8, 4) is 0 Å². The Balaban J connectivity index is 2.44. The van der Waals surface area contributed by atoms with Gasteiger partial charge in [-0.1, -0.05) is 18.5 Å². The van der Waals surface area contributed by atoms with Gasteiger partial charge in [-0.25, -0.2) is 13.1 Å². The highest BCUT2D eigenvalue weighted by Crippen LogP contribution is 2.26. The normalized spacial score (nSPS) is 13.7. The maximum atomic E-state index is 11.8. The minimum absolute atomic E-state index is 0.142. The van der Waals surface area contributed by atoms with E-state index in [1.54, 1.807) is 6.07 Å². The largest absolute Gasteiger partial charge is 0.317 e. The Hall–Kier alpha value is -0.140. The zero-order valence-electron chi connectivity index (χ0n) is 10.6. The van der Waals surface area contributed by atoms with E-state index in [9.17, 15) is 8.42 Å². The van der Waals surface area contributed by atoms with Crippen LogP contribution in [-0.4, -0.2) is 27.3 Å². The third kappa shape index (κ3) is 5.67. The van der Waals surface area contributed by atoms with Crippen LogP contribution in [0.3, 0.4) is 0 Å². The molecule has 104 valence electrons. The molecule has 1 aromatic heterocycles. The summed E-state index contributed by atoms with van der Waals surface area (Å²) in [7, 11) is -3.23. The second-order valence-corrected chi connectivity index (χ2v) is 7.63. The predicted octanol–water partition coefficient (Wildman–Crippen LogP) is 2.38. The van der Waals surface area contributed by atoms with Gasteiger partial charge in [0, 0.05) is 4.88 Å². The van der Waals surface area contributed by atoms with Crippen LogP contribution in [0.2, 0.25) is 4.34 Å². The fourth-order valence-corrected chi connectivity index (χ4v) is 3.96. The van der Waals surface area contributed by atoms with Crippen molar-refractivity contribution < 1.29 is 8.42 Å². The molecule has 18 heavy (non-hydrogen) atoms. The van der Waals surface area contributed by atoms with E-state index in [-0.39, 0.29) is 11.8 Å². The molecule has 0 aliphatic rings. The molecule has 0 radical (unpaired) electrons. The lowest BCUT2D eigenvalue weighted by atomic mass is 10.3. The van der Waals surface area contributed by atoms with Crippen molar-refractivity contribution in [3.63, 3.8) is 0 Å². The van der Waals surface area contributed by atoms with Gasteiger partial charge in [-0.3, -0.25) is 0 Å². The Morgan fingerprint density at radius 3 is 2.72 bits per heavy atom. The standard InChI is InChI=1S/C11H19ClN2O2S2/c1-3-13-7-4-8-18(15,16)14-9(2)10-5-6-11(12)17-10/h5-6,9,13-14H,3-4,7-8H2,1-2H3. The first-order chi connectivity index (χ1) is 8.44. The number of sulfonamides is 1. The van der Waals surface area contributed by atoms with E-state index in [0.29, 0.717) is 10.8 Å². The zero-order chi connectivity index (χ0) is 13.6. The van der Waals surface area contributed by atoms with Crippen LogP contribution in [0, 0.1) is 0 Å². The van der Waals surface area contributed by atoms with Gasteiger partial charge in [0.2, 0.25) is 10.0 Å². The van der Waals surface area contributed by atoms with Gasteiger partial charge in [-0.05, 0) is 38.6 Å². The van der Waals surface area contributed by atoms with Crippen LogP contribution in [0.5, 0.6) is 0 Å². The molecule has 0 bridgehead atoms. The molecule has 1 atom stereocenters. The first-order valence-corrected chi connectivity index (χ1v) is 8.75. The summed E-state index contributed by atoms with van der Waals surface area (Å²) in [5, 5.41) is 3.10. The number of thiophene rings is 1. The number of hydrogen-bond acceptors (Lipinski definition) is 4. The lowest BCUT2D eigenvalue weighted by Crippen LogP contribution is -2.30. The smallest absolute Gasteiger partial charge is 0.212 e. The number of rotatable bonds is 8. The van der Waals surface area contributed by atoms with Crippen LogP contribution in [0.25, 0.3) is 0 Å².